The van der Waals surface area contributed by atoms with Crippen molar-refractivity contribution in [3.05, 3.63) is 24.5 Å². The van der Waals surface area contributed by atoms with Gasteiger partial charge in [-0.05, 0) is 12.1 Å². The van der Waals surface area contributed by atoms with Gasteiger partial charge in [0.05, 0.1) is 17.9 Å². The Bertz CT molecular complexity index is 320. The van der Waals surface area contributed by atoms with Crippen molar-refractivity contribution in [2.75, 3.05) is 16.9 Å². The molecular weight excluding hydrogens is 269 g/mol. The fourth-order valence-electron chi connectivity index (χ4n) is 1.23. The van der Waals surface area contributed by atoms with Crippen LogP contribution in [0.2, 0.25) is 0 Å². The summed E-state index contributed by atoms with van der Waals surface area (Å²) < 4.78 is 0. The molecule has 0 aromatic carbocycles. The van der Waals surface area contributed by atoms with Crippen LogP contribution in [0.3, 0.4) is 0 Å². The van der Waals surface area contributed by atoms with Crippen LogP contribution in [0, 0.1) is 0 Å². The number of halogens is 2. The summed E-state index contributed by atoms with van der Waals surface area (Å²) in [5.74, 6) is 1.71. The number of nitrogens with one attached hydrogen (secondary N) is 2. The van der Waals surface area contributed by atoms with E-state index in [-0.39, 0.29) is 36.8 Å². The first-order chi connectivity index (χ1) is 6.86. The van der Waals surface area contributed by atoms with E-state index in [9.17, 15) is 4.79 Å². The zero-order valence-corrected chi connectivity index (χ0v) is 10.8. The van der Waals surface area contributed by atoms with Gasteiger partial charge in [0, 0.05) is 17.8 Å². The molecule has 2 N–H and O–H groups in total. The summed E-state index contributed by atoms with van der Waals surface area (Å²) >= 11 is 1.73. The van der Waals surface area contributed by atoms with Crippen LogP contribution in [-0.4, -0.2) is 28.6 Å². The Morgan fingerprint density at radius 3 is 2.94 bits per heavy atom. The monoisotopic (exact) mass is 281 g/mol. The highest BCUT2D eigenvalue weighted by Gasteiger charge is 2.22. The molecule has 1 atom stereocenters. The second kappa shape index (κ2) is 7.73. The molecule has 1 amide bonds. The van der Waals surface area contributed by atoms with Gasteiger partial charge in [-0.15, -0.1) is 36.6 Å². The minimum atomic E-state index is -0.0693. The van der Waals surface area contributed by atoms with Crippen LogP contribution in [0.5, 0.6) is 0 Å². The molecule has 1 saturated heterocycles. The topological polar surface area (TPSA) is 54.0 Å². The Labute approximate surface area is 111 Å². The number of aromatic nitrogens is 1. The molecule has 0 bridgehead atoms. The number of pyridine rings is 1. The van der Waals surface area contributed by atoms with Gasteiger partial charge in [0.2, 0.25) is 5.91 Å². The van der Waals surface area contributed by atoms with E-state index in [0.717, 1.165) is 17.3 Å². The van der Waals surface area contributed by atoms with Gasteiger partial charge in [-0.3, -0.25) is 15.1 Å². The van der Waals surface area contributed by atoms with Crippen LogP contribution in [-0.2, 0) is 4.79 Å². The van der Waals surface area contributed by atoms with E-state index in [4.69, 9.17) is 0 Å². The number of anilines is 1. The quantitative estimate of drug-likeness (QED) is 0.863. The van der Waals surface area contributed by atoms with E-state index < -0.39 is 0 Å². The maximum absolute atomic E-state index is 11.6. The van der Waals surface area contributed by atoms with Crippen molar-refractivity contribution in [2.45, 2.75) is 6.04 Å². The number of amides is 1. The van der Waals surface area contributed by atoms with Crippen LogP contribution < -0.4 is 10.6 Å². The van der Waals surface area contributed by atoms with Gasteiger partial charge in [-0.2, -0.15) is 0 Å². The Kier molecular flexibility index (Phi) is 7.49. The van der Waals surface area contributed by atoms with Gasteiger partial charge in [0.25, 0.3) is 0 Å². The Balaban J connectivity index is 0.00000112. The van der Waals surface area contributed by atoms with E-state index in [2.05, 4.69) is 15.6 Å². The normalized spacial score (nSPS) is 18.1. The number of carbonyl (C=O) groups is 1. The average Bonchev–Trinajstić information content (AvgIpc) is 2.72. The molecule has 90 valence electrons. The van der Waals surface area contributed by atoms with Gasteiger partial charge >= 0.3 is 0 Å². The van der Waals surface area contributed by atoms with Gasteiger partial charge in [0.15, 0.2) is 0 Å². The highest BCUT2D eigenvalue weighted by molar-refractivity contribution is 7.99. The molecule has 4 nitrogen and oxygen atoms in total. The van der Waals surface area contributed by atoms with Crippen molar-refractivity contribution in [3.63, 3.8) is 0 Å². The second-order valence-corrected chi connectivity index (χ2v) is 4.03. The lowest BCUT2D eigenvalue weighted by Crippen LogP contribution is -2.37. The van der Waals surface area contributed by atoms with Crippen LogP contribution in [0.25, 0.3) is 0 Å². The standard InChI is InChI=1S/C9H11N3OS.2ClH/c13-9(8-5-14-6-11-8)12-7-2-1-3-10-4-7;;/h1-4,8,11H,5-6H2,(H,12,13);2*1H/t8-;;/m1../s1. The smallest absolute Gasteiger partial charge is 0.242 e. The summed E-state index contributed by atoms with van der Waals surface area (Å²) in [6.45, 7) is 0. The molecule has 0 aliphatic carbocycles. The minimum absolute atomic E-state index is 0. The summed E-state index contributed by atoms with van der Waals surface area (Å²) in [7, 11) is 0. The summed E-state index contributed by atoms with van der Waals surface area (Å²) in [6.07, 6.45) is 3.32. The van der Waals surface area contributed by atoms with Crippen LogP contribution in [0.1, 0.15) is 0 Å². The fourth-order valence-corrected chi connectivity index (χ4v) is 2.17. The number of nitrogens with zero attached hydrogens (tertiary/aromatic N) is 1. The molecule has 2 heterocycles. The molecule has 1 aliphatic rings. The first-order valence-electron chi connectivity index (χ1n) is 4.38. The highest BCUT2D eigenvalue weighted by atomic mass is 35.5. The van der Waals surface area contributed by atoms with Gasteiger partial charge < -0.3 is 5.32 Å². The molecule has 1 aliphatic heterocycles. The van der Waals surface area contributed by atoms with Crippen molar-refractivity contribution in [1.82, 2.24) is 10.3 Å². The van der Waals surface area contributed by atoms with Crippen molar-refractivity contribution in [1.29, 1.82) is 0 Å². The number of thioether (sulfide) groups is 1. The molecule has 7 heteroatoms. The molecule has 1 fully saturated rings. The molecule has 1 aromatic rings. The Hall–Kier alpha value is -0.490. The van der Waals surface area contributed by atoms with Crippen LogP contribution in [0.15, 0.2) is 24.5 Å². The van der Waals surface area contributed by atoms with Crippen LogP contribution >= 0.6 is 36.6 Å². The summed E-state index contributed by atoms with van der Waals surface area (Å²) in [4.78, 5) is 15.5. The van der Waals surface area contributed by atoms with E-state index >= 15 is 0 Å². The molecule has 0 unspecified atom stereocenters. The fraction of sp³-hybridized carbons (Fsp3) is 0.333. The van der Waals surface area contributed by atoms with Crippen molar-refractivity contribution >= 4 is 48.2 Å². The first kappa shape index (κ1) is 15.5. The van der Waals surface area contributed by atoms with Crippen LogP contribution in [0.4, 0.5) is 5.69 Å². The van der Waals surface area contributed by atoms with Gasteiger partial charge in [0.1, 0.15) is 0 Å². The summed E-state index contributed by atoms with van der Waals surface area (Å²) in [6, 6.07) is 3.56. The molecule has 0 saturated carbocycles. The Morgan fingerprint density at radius 2 is 2.38 bits per heavy atom. The van der Waals surface area contributed by atoms with Crippen molar-refractivity contribution in [3.8, 4) is 0 Å². The van der Waals surface area contributed by atoms with Gasteiger partial charge in [-0.25, -0.2) is 0 Å². The predicted molar refractivity (Wildman–Crippen MR) is 71.6 cm³/mol. The zero-order chi connectivity index (χ0) is 9.80. The lowest BCUT2D eigenvalue weighted by Gasteiger charge is -2.09. The molecule has 2 rings (SSSR count). The zero-order valence-electron chi connectivity index (χ0n) is 8.38. The van der Waals surface area contributed by atoms with Crippen molar-refractivity contribution < 1.29 is 4.79 Å². The average molecular weight is 282 g/mol. The van der Waals surface area contributed by atoms with E-state index in [1.807, 2.05) is 6.07 Å². The molecule has 0 spiro atoms. The maximum atomic E-state index is 11.6. The summed E-state index contributed by atoms with van der Waals surface area (Å²) in [5, 5.41) is 5.91. The lowest BCUT2D eigenvalue weighted by molar-refractivity contribution is -0.117. The third-order valence-corrected chi connectivity index (χ3v) is 2.90. The largest absolute Gasteiger partial charge is 0.323 e. The van der Waals surface area contributed by atoms with Crippen molar-refractivity contribution in [2.24, 2.45) is 0 Å². The SMILES string of the molecule is Cl.Cl.O=C(Nc1cccnc1)[C@H]1CSCN1. The third-order valence-electron chi connectivity index (χ3n) is 1.96. The van der Waals surface area contributed by atoms with Gasteiger partial charge in [-0.1, -0.05) is 0 Å². The Morgan fingerprint density at radius 1 is 1.56 bits per heavy atom. The highest BCUT2D eigenvalue weighted by Crippen LogP contribution is 2.11. The number of rotatable bonds is 2. The predicted octanol–water partition coefficient (Wildman–Crippen LogP) is 1.53. The molecule has 1 aromatic heterocycles. The van der Waals surface area contributed by atoms with E-state index in [0.29, 0.717) is 0 Å². The number of hydrogen-bond donors (Lipinski definition) is 2. The number of carbonyl (C=O) groups excluding carboxylic acids is 1. The maximum Gasteiger partial charge on any atom is 0.242 e. The molecular formula is C9H13Cl2N3OS. The minimum Gasteiger partial charge on any atom is -0.323 e. The van der Waals surface area contributed by atoms with E-state index in [1.165, 1.54) is 0 Å². The summed E-state index contributed by atoms with van der Waals surface area (Å²) in [5.41, 5.74) is 0.746. The second-order valence-electron chi connectivity index (χ2n) is 3.00. The molecule has 16 heavy (non-hydrogen) atoms. The third kappa shape index (κ3) is 4.17. The van der Waals surface area contributed by atoms with E-state index in [1.54, 1.807) is 30.2 Å². The molecule has 0 radical (unpaired) electrons. The number of hydrogen-bond acceptors (Lipinski definition) is 4. The first-order valence-corrected chi connectivity index (χ1v) is 5.54. The lowest BCUT2D eigenvalue weighted by atomic mass is 10.3.